The van der Waals surface area contributed by atoms with E-state index in [1.165, 1.54) is 0 Å². The summed E-state index contributed by atoms with van der Waals surface area (Å²) in [6.45, 7) is 1.15. The van der Waals surface area contributed by atoms with Gasteiger partial charge in [0.2, 0.25) is 0 Å². The molecular weight excluding hydrogens is 310 g/mol. The molecule has 1 fully saturated rings. The van der Waals surface area contributed by atoms with Crippen molar-refractivity contribution in [3.8, 4) is 11.4 Å². The lowest BCUT2D eigenvalue weighted by atomic mass is 10.2. The maximum Gasteiger partial charge on any atom is 0.191 e. The second-order valence-electron chi connectivity index (χ2n) is 4.79. The number of thioether (sulfide) groups is 1. The number of aromatic nitrogens is 3. The van der Waals surface area contributed by atoms with Crippen LogP contribution in [0.15, 0.2) is 29.4 Å². The van der Waals surface area contributed by atoms with Crippen LogP contribution < -0.4 is 0 Å². The molecule has 2 heterocycles. The van der Waals surface area contributed by atoms with Crippen LogP contribution in [-0.2, 0) is 16.5 Å². The summed E-state index contributed by atoms with van der Waals surface area (Å²) in [5.41, 5.74) is 1.00. The van der Waals surface area contributed by atoms with E-state index in [2.05, 4.69) is 10.2 Å². The van der Waals surface area contributed by atoms with E-state index in [1.54, 1.807) is 11.8 Å². The third-order valence-corrected chi connectivity index (χ3v) is 4.71. The molecule has 0 bridgehead atoms. The molecule has 0 saturated carbocycles. The summed E-state index contributed by atoms with van der Waals surface area (Å²) in [7, 11) is 1.97. The smallest absolute Gasteiger partial charge is 0.191 e. The molecule has 2 aromatic rings. The van der Waals surface area contributed by atoms with Crippen molar-refractivity contribution in [1.29, 1.82) is 0 Å². The molecule has 1 aromatic carbocycles. The number of halogens is 1. The molecule has 0 unspecified atom stereocenters. The summed E-state index contributed by atoms with van der Waals surface area (Å²) < 4.78 is 12.7. The standard InChI is InChI=1S/C14H16ClN3O2S/c1-18-13(10-2-4-11(15)5-3-10)16-17-14(18)21-8-12-6-7-19-9-20-12/h2-5,12H,6-9H2,1H3/t12-/m1/s1. The third kappa shape index (κ3) is 3.58. The molecule has 1 aliphatic heterocycles. The van der Waals surface area contributed by atoms with Gasteiger partial charge in [0.1, 0.15) is 6.79 Å². The molecule has 0 spiro atoms. The van der Waals surface area contributed by atoms with E-state index in [0.29, 0.717) is 11.8 Å². The quantitative estimate of drug-likeness (QED) is 0.809. The second kappa shape index (κ2) is 6.79. The number of benzene rings is 1. The highest BCUT2D eigenvalue weighted by Gasteiger charge is 2.17. The largest absolute Gasteiger partial charge is 0.355 e. The molecule has 1 aromatic heterocycles. The van der Waals surface area contributed by atoms with Gasteiger partial charge in [0, 0.05) is 23.4 Å². The Hall–Kier alpha value is -1.08. The average molecular weight is 326 g/mol. The van der Waals surface area contributed by atoms with E-state index in [-0.39, 0.29) is 6.10 Å². The highest BCUT2D eigenvalue weighted by Crippen LogP contribution is 2.25. The van der Waals surface area contributed by atoms with Crippen LogP contribution in [0.1, 0.15) is 6.42 Å². The van der Waals surface area contributed by atoms with E-state index >= 15 is 0 Å². The van der Waals surface area contributed by atoms with Gasteiger partial charge >= 0.3 is 0 Å². The highest BCUT2D eigenvalue weighted by molar-refractivity contribution is 7.99. The maximum atomic E-state index is 5.91. The fourth-order valence-corrected chi connectivity index (χ4v) is 3.19. The van der Waals surface area contributed by atoms with Crippen molar-refractivity contribution in [1.82, 2.24) is 14.8 Å². The molecule has 3 rings (SSSR count). The molecule has 0 amide bonds. The molecule has 0 N–H and O–H groups in total. The SMILES string of the molecule is Cn1c(SC[C@H]2CCOCO2)nnc1-c1ccc(Cl)cc1. The monoisotopic (exact) mass is 325 g/mol. The van der Waals surface area contributed by atoms with Crippen LogP contribution in [0.3, 0.4) is 0 Å². The first-order valence-corrected chi connectivity index (χ1v) is 8.08. The predicted molar refractivity (Wildman–Crippen MR) is 82.5 cm³/mol. The minimum Gasteiger partial charge on any atom is -0.355 e. The minimum atomic E-state index is 0.222. The first kappa shape index (κ1) is 14.8. The predicted octanol–water partition coefficient (Wildman–Crippen LogP) is 2.99. The molecule has 112 valence electrons. The summed E-state index contributed by atoms with van der Waals surface area (Å²) in [5, 5.41) is 10.1. The third-order valence-electron chi connectivity index (χ3n) is 3.31. The van der Waals surface area contributed by atoms with Gasteiger partial charge in [-0.3, -0.25) is 0 Å². The Morgan fingerprint density at radius 1 is 1.33 bits per heavy atom. The van der Waals surface area contributed by atoms with Crippen LogP contribution in [0.4, 0.5) is 0 Å². The molecule has 5 nitrogen and oxygen atoms in total. The Labute approximate surface area is 132 Å². The van der Waals surface area contributed by atoms with Crippen molar-refractivity contribution in [3.05, 3.63) is 29.3 Å². The zero-order chi connectivity index (χ0) is 14.7. The molecular formula is C14H16ClN3O2S. The van der Waals surface area contributed by atoms with Gasteiger partial charge in [-0.25, -0.2) is 0 Å². The fourth-order valence-electron chi connectivity index (χ4n) is 2.09. The molecule has 21 heavy (non-hydrogen) atoms. The summed E-state index contributed by atoms with van der Waals surface area (Å²) in [6.07, 6.45) is 1.15. The molecule has 7 heteroatoms. The zero-order valence-electron chi connectivity index (χ0n) is 11.7. The van der Waals surface area contributed by atoms with E-state index in [1.807, 2.05) is 35.9 Å². The van der Waals surface area contributed by atoms with Gasteiger partial charge in [0.25, 0.3) is 0 Å². The lowest BCUT2D eigenvalue weighted by Gasteiger charge is -2.21. The van der Waals surface area contributed by atoms with Crippen molar-refractivity contribution < 1.29 is 9.47 Å². The van der Waals surface area contributed by atoms with Crippen molar-refractivity contribution in [3.63, 3.8) is 0 Å². The van der Waals surface area contributed by atoms with Crippen LogP contribution in [0, 0.1) is 0 Å². The van der Waals surface area contributed by atoms with Crippen LogP contribution in [0.2, 0.25) is 5.02 Å². The van der Waals surface area contributed by atoms with E-state index < -0.39 is 0 Å². The van der Waals surface area contributed by atoms with Gasteiger partial charge in [-0.2, -0.15) is 0 Å². The number of ether oxygens (including phenoxy) is 2. The summed E-state index contributed by atoms with van der Waals surface area (Å²) in [4.78, 5) is 0. The lowest BCUT2D eigenvalue weighted by Crippen LogP contribution is -2.25. The van der Waals surface area contributed by atoms with E-state index in [4.69, 9.17) is 21.1 Å². The van der Waals surface area contributed by atoms with E-state index in [0.717, 1.165) is 35.3 Å². The molecule has 0 radical (unpaired) electrons. The average Bonchev–Trinajstić information content (AvgIpc) is 2.88. The molecule has 1 saturated heterocycles. The number of hydrogen-bond donors (Lipinski definition) is 0. The zero-order valence-corrected chi connectivity index (χ0v) is 13.2. The normalized spacial score (nSPS) is 18.9. The summed E-state index contributed by atoms with van der Waals surface area (Å²) in [5.74, 6) is 1.69. The van der Waals surface area contributed by atoms with Crippen LogP contribution >= 0.6 is 23.4 Å². The lowest BCUT2D eigenvalue weighted by molar-refractivity contribution is -0.130. The first-order valence-electron chi connectivity index (χ1n) is 6.71. The Morgan fingerprint density at radius 2 is 2.14 bits per heavy atom. The van der Waals surface area contributed by atoms with Gasteiger partial charge in [-0.15, -0.1) is 10.2 Å². The molecule has 0 aliphatic carbocycles. The van der Waals surface area contributed by atoms with Crippen molar-refractivity contribution in [2.75, 3.05) is 19.2 Å². The fraction of sp³-hybridized carbons (Fsp3) is 0.429. The molecule has 1 aliphatic rings. The maximum absolute atomic E-state index is 5.91. The van der Waals surface area contributed by atoms with Gasteiger partial charge < -0.3 is 14.0 Å². The van der Waals surface area contributed by atoms with Crippen LogP contribution in [-0.4, -0.2) is 40.0 Å². The first-order chi connectivity index (χ1) is 10.2. The van der Waals surface area contributed by atoms with E-state index in [9.17, 15) is 0 Å². The number of rotatable bonds is 4. The Bertz CT molecular complexity index is 597. The van der Waals surface area contributed by atoms with Crippen molar-refractivity contribution >= 4 is 23.4 Å². The second-order valence-corrected chi connectivity index (χ2v) is 6.21. The topological polar surface area (TPSA) is 49.2 Å². The van der Waals surface area contributed by atoms with Gasteiger partial charge in [0.05, 0.1) is 12.7 Å². The Kier molecular flexibility index (Phi) is 4.80. The molecule has 1 atom stereocenters. The summed E-state index contributed by atoms with van der Waals surface area (Å²) in [6, 6.07) is 7.60. The van der Waals surface area contributed by atoms with Crippen molar-refractivity contribution in [2.24, 2.45) is 7.05 Å². The van der Waals surface area contributed by atoms with Gasteiger partial charge in [-0.1, -0.05) is 23.4 Å². The number of nitrogens with zero attached hydrogens (tertiary/aromatic N) is 3. The highest BCUT2D eigenvalue weighted by atomic mass is 35.5. The van der Waals surface area contributed by atoms with Gasteiger partial charge in [0.15, 0.2) is 11.0 Å². The Morgan fingerprint density at radius 3 is 2.86 bits per heavy atom. The van der Waals surface area contributed by atoms with Gasteiger partial charge in [-0.05, 0) is 30.7 Å². The van der Waals surface area contributed by atoms with Crippen LogP contribution in [0.5, 0.6) is 0 Å². The van der Waals surface area contributed by atoms with Crippen molar-refractivity contribution in [2.45, 2.75) is 17.7 Å². The summed E-state index contributed by atoms with van der Waals surface area (Å²) >= 11 is 7.56. The number of hydrogen-bond acceptors (Lipinski definition) is 5. The van der Waals surface area contributed by atoms with Crippen LogP contribution in [0.25, 0.3) is 11.4 Å². The minimum absolute atomic E-state index is 0.222. The Balaban J connectivity index is 1.68.